The first-order valence-corrected chi connectivity index (χ1v) is 4.62. The molecule has 0 saturated carbocycles. The number of aliphatic hydroxyl groups is 1. The second-order valence-electron chi connectivity index (χ2n) is 3.47. The Labute approximate surface area is 76.9 Å². The number of hydrogen-bond donors (Lipinski definition) is 1. The highest BCUT2D eigenvalue weighted by Crippen LogP contribution is 2.32. The van der Waals surface area contributed by atoms with E-state index in [1.165, 1.54) is 0 Å². The number of hydrogen-bond acceptors (Lipinski definition) is 1. The molecule has 0 aliphatic heterocycles. The summed E-state index contributed by atoms with van der Waals surface area (Å²) < 4.78 is 36.0. The third-order valence-corrected chi connectivity index (χ3v) is 2.18. The summed E-state index contributed by atoms with van der Waals surface area (Å²) in [5, 5.41) is 9.57. The summed E-state index contributed by atoms with van der Waals surface area (Å²) in [7, 11) is 0. The molecule has 0 radical (unpaired) electrons. The molecule has 4 heteroatoms. The molecular weight excluding hydrogens is 181 g/mol. The molecule has 0 fully saturated rings. The average molecular weight is 198 g/mol. The lowest BCUT2D eigenvalue weighted by Crippen LogP contribution is -2.34. The van der Waals surface area contributed by atoms with E-state index in [0.29, 0.717) is 6.42 Å². The predicted molar refractivity (Wildman–Crippen MR) is 45.4 cm³/mol. The third-order valence-electron chi connectivity index (χ3n) is 2.18. The van der Waals surface area contributed by atoms with E-state index in [1.807, 2.05) is 6.92 Å². The van der Waals surface area contributed by atoms with Gasteiger partial charge in [0.2, 0.25) is 0 Å². The SMILES string of the molecule is CCCCC(O)(CC)CC(F)(F)F. The summed E-state index contributed by atoms with van der Waals surface area (Å²) in [5.74, 6) is 0. The number of halogens is 3. The Morgan fingerprint density at radius 2 is 1.69 bits per heavy atom. The van der Waals surface area contributed by atoms with Crippen molar-refractivity contribution in [2.24, 2.45) is 0 Å². The summed E-state index contributed by atoms with van der Waals surface area (Å²) in [6, 6.07) is 0. The van der Waals surface area contributed by atoms with Crippen molar-refractivity contribution in [3.05, 3.63) is 0 Å². The van der Waals surface area contributed by atoms with Crippen LogP contribution in [0.4, 0.5) is 13.2 Å². The normalized spacial score (nSPS) is 17.1. The molecule has 0 spiro atoms. The van der Waals surface area contributed by atoms with Crippen LogP contribution < -0.4 is 0 Å². The van der Waals surface area contributed by atoms with Gasteiger partial charge in [-0.2, -0.15) is 13.2 Å². The monoisotopic (exact) mass is 198 g/mol. The minimum absolute atomic E-state index is 0.159. The van der Waals surface area contributed by atoms with Gasteiger partial charge in [-0.15, -0.1) is 0 Å². The molecule has 0 aromatic rings. The zero-order valence-electron chi connectivity index (χ0n) is 8.12. The molecule has 0 aliphatic rings. The van der Waals surface area contributed by atoms with Crippen molar-refractivity contribution in [1.29, 1.82) is 0 Å². The lowest BCUT2D eigenvalue weighted by molar-refractivity contribution is -0.178. The Balaban J connectivity index is 4.11. The molecule has 0 aliphatic carbocycles. The molecule has 0 heterocycles. The lowest BCUT2D eigenvalue weighted by Gasteiger charge is -2.27. The Hall–Kier alpha value is -0.250. The molecule has 0 aromatic carbocycles. The summed E-state index contributed by atoms with van der Waals surface area (Å²) in [6.45, 7) is 3.48. The van der Waals surface area contributed by atoms with E-state index in [0.717, 1.165) is 6.42 Å². The molecule has 1 N–H and O–H groups in total. The molecule has 1 nitrogen and oxygen atoms in total. The first kappa shape index (κ1) is 12.8. The van der Waals surface area contributed by atoms with Gasteiger partial charge >= 0.3 is 6.18 Å². The van der Waals surface area contributed by atoms with Crippen molar-refractivity contribution in [2.45, 2.75) is 57.7 Å². The largest absolute Gasteiger partial charge is 0.391 e. The van der Waals surface area contributed by atoms with Gasteiger partial charge in [0, 0.05) is 0 Å². The molecule has 1 atom stereocenters. The van der Waals surface area contributed by atoms with Gasteiger partial charge in [0.25, 0.3) is 0 Å². The van der Waals surface area contributed by atoms with Crippen molar-refractivity contribution < 1.29 is 18.3 Å². The van der Waals surface area contributed by atoms with Crippen LogP contribution in [0.25, 0.3) is 0 Å². The van der Waals surface area contributed by atoms with Gasteiger partial charge in [0.15, 0.2) is 0 Å². The second kappa shape index (κ2) is 4.84. The van der Waals surface area contributed by atoms with Crippen molar-refractivity contribution in [1.82, 2.24) is 0 Å². The van der Waals surface area contributed by atoms with Crippen LogP contribution in [0.1, 0.15) is 46.0 Å². The zero-order valence-corrected chi connectivity index (χ0v) is 8.12. The minimum Gasteiger partial charge on any atom is -0.390 e. The van der Waals surface area contributed by atoms with Gasteiger partial charge in [-0.25, -0.2) is 0 Å². The van der Waals surface area contributed by atoms with Gasteiger partial charge < -0.3 is 5.11 Å². The fourth-order valence-electron chi connectivity index (χ4n) is 1.27. The number of unbranched alkanes of at least 4 members (excludes halogenated alkanes) is 1. The highest BCUT2D eigenvalue weighted by atomic mass is 19.4. The van der Waals surface area contributed by atoms with Crippen LogP contribution in [0.2, 0.25) is 0 Å². The molecule has 0 saturated heterocycles. The van der Waals surface area contributed by atoms with E-state index < -0.39 is 18.2 Å². The van der Waals surface area contributed by atoms with Crippen LogP contribution >= 0.6 is 0 Å². The minimum atomic E-state index is -4.27. The van der Waals surface area contributed by atoms with Crippen LogP contribution in [0.5, 0.6) is 0 Å². The van der Waals surface area contributed by atoms with E-state index in [9.17, 15) is 18.3 Å². The fourth-order valence-corrected chi connectivity index (χ4v) is 1.27. The second-order valence-corrected chi connectivity index (χ2v) is 3.47. The molecule has 0 rings (SSSR count). The van der Waals surface area contributed by atoms with Crippen LogP contribution in [0.15, 0.2) is 0 Å². The highest BCUT2D eigenvalue weighted by Gasteiger charge is 2.39. The van der Waals surface area contributed by atoms with E-state index in [4.69, 9.17) is 0 Å². The molecule has 80 valence electrons. The maximum absolute atomic E-state index is 12.0. The maximum Gasteiger partial charge on any atom is 0.391 e. The van der Waals surface area contributed by atoms with Gasteiger partial charge in [0.1, 0.15) is 0 Å². The molecule has 0 bridgehead atoms. The van der Waals surface area contributed by atoms with Crippen LogP contribution in [-0.2, 0) is 0 Å². The van der Waals surface area contributed by atoms with Crippen molar-refractivity contribution in [3.8, 4) is 0 Å². The van der Waals surface area contributed by atoms with Gasteiger partial charge in [0.05, 0.1) is 12.0 Å². The van der Waals surface area contributed by atoms with Crippen molar-refractivity contribution >= 4 is 0 Å². The standard InChI is InChI=1S/C9H17F3O/c1-3-5-6-8(13,4-2)7-9(10,11)12/h13H,3-7H2,1-2H3. The average Bonchev–Trinajstić information content (AvgIpc) is 1.98. The predicted octanol–water partition coefficient (Wildman–Crippen LogP) is 3.27. The Kier molecular flexibility index (Phi) is 4.75. The summed E-state index contributed by atoms with van der Waals surface area (Å²) in [4.78, 5) is 0. The molecule has 1 unspecified atom stereocenters. The summed E-state index contributed by atoms with van der Waals surface area (Å²) in [6.07, 6.45) is -3.51. The van der Waals surface area contributed by atoms with E-state index >= 15 is 0 Å². The summed E-state index contributed by atoms with van der Waals surface area (Å²) in [5.41, 5.74) is -1.55. The Bertz CT molecular complexity index is 144. The van der Waals surface area contributed by atoms with Crippen LogP contribution in [0.3, 0.4) is 0 Å². The van der Waals surface area contributed by atoms with Crippen LogP contribution in [0, 0.1) is 0 Å². The number of rotatable bonds is 5. The maximum atomic E-state index is 12.0. The van der Waals surface area contributed by atoms with Gasteiger partial charge in [-0.1, -0.05) is 26.7 Å². The van der Waals surface area contributed by atoms with Crippen molar-refractivity contribution in [2.75, 3.05) is 0 Å². The van der Waals surface area contributed by atoms with E-state index in [1.54, 1.807) is 6.92 Å². The highest BCUT2D eigenvalue weighted by molar-refractivity contribution is 4.79. The molecular formula is C9H17F3O. The Morgan fingerprint density at radius 3 is 2.00 bits per heavy atom. The van der Waals surface area contributed by atoms with Crippen molar-refractivity contribution in [3.63, 3.8) is 0 Å². The first-order chi connectivity index (χ1) is 5.83. The fraction of sp³-hybridized carbons (Fsp3) is 1.00. The van der Waals surface area contributed by atoms with E-state index in [2.05, 4.69) is 0 Å². The molecule has 0 amide bonds. The van der Waals surface area contributed by atoms with Crippen LogP contribution in [-0.4, -0.2) is 16.9 Å². The van der Waals surface area contributed by atoms with E-state index in [-0.39, 0.29) is 12.8 Å². The zero-order chi connectivity index (χ0) is 10.5. The molecule has 13 heavy (non-hydrogen) atoms. The third kappa shape index (κ3) is 5.91. The lowest BCUT2D eigenvalue weighted by atomic mass is 9.90. The van der Waals surface area contributed by atoms with Gasteiger partial charge in [-0.3, -0.25) is 0 Å². The smallest absolute Gasteiger partial charge is 0.390 e. The Morgan fingerprint density at radius 1 is 1.15 bits per heavy atom. The first-order valence-electron chi connectivity index (χ1n) is 4.62. The summed E-state index contributed by atoms with van der Waals surface area (Å²) >= 11 is 0. The number of alkyl halides is 3. The topological polar surface area (TPSA) is 20.2 Å². The van der Waals surface area contributed by atoms with Gasteiger partial charge in [-0.05, 0) is 12.8 Å². The quantitative estimate of drug-likeness (QED) is 0.718. The molecule has 0 aromatic heterocycles.